The maximum atomic E-state index is 12.4. The lowest BCUT2D eigenvalue weighted by Gasteiger charge is -2.22. The fourth-order valence-electron chi connectivity index (χ4n) is 3.06. The van der Waals surface area contributed by atoms with E-state index in [4.69, 9.17) is 0 Å². The van der Waals surface area contributed by atoms with Crippen molar-refractivity contribution in [3.05, 3.63) is 29.3 Å². The van der Waals surface area contributed by atoms with Gasteiger partial charge >= 0.3 is 0 Å². The number of rotatable bonds is 3. The minimum Gasteiger partial charge on any atom is -0.312 e. The van der Waals surface area contributed by atoms with Gasteiger partial charge in [-0.3, -0.25) is 4.72 Å². The van der Waals surface area contributed by atoms with Crippen LogP contribution in [-0.4, -0.2) is 20.2 Å². The largest absolute Gasteiger partial charge is 0.312 e. The van der Waals surface area contributed by atoms with Gasteiger partial charge in [0, 0.05) is 6.54 Å². The Morgan fingerprint density at radius 3 is 2.79 bits per heavy atom. The zero-order chi connectivity index (χ0) is 13.3. The third-order valence-electron chi connectivity index (χ3n) is 4.13. The fraction of sp³-hybridized carbons (Fsp3) is 0.571. The molecule has 1 aliphatic heterocycles. The van der Waals surface area contributed by atoms with Crippen LogP contribution in [0.15, 0.2) is 18.2 Å². The van der Waals surface area contributed by atoms with Gasteiger partial charge in [-0.05, 0) is 43.0 Å². The number of hydrogen-bond donors (Lipinski definition) is 2. The second-order valence-electron chi connectivity index (χ2n) is 5.42. The maximum Gasteiger partial charge on any atom is 0.235 e. The molecule has 1 heterocycles. The van der Waals surface area contributed by atoms with E-state index in [1.54, 1.807) is 0 Å². The Labute approximate surface area is 114 Å². The van der Waals surface area contributed by atoms with Crippen LogP contribution in [0, 0.1) is 0 Å². The molecule has 3 rings (SSSR count). The summed E-state index contributed by atoms with van der Waals surface area (Å²) in [4.78, 5) is 0. The highest BCUT2D eigenvalue weighted by atomic mass is 32.2. The third kappa shape index (κ3) is 2.62. The van der Waals surface area contributed by atoms with Crippen LogP contribution < -0.4 is 10.0 Å². The quantitative estimate of drug-likeness (QED) is 0.890. The zero-order valence-electron chi connectivity index (χ0n) is 11.0. The van der Waals surface area contributed by atoms with Gasteiger partial charge in [0.1, 0.15) is 0 Å². The van der Waals surface area contributed by atoms with Crippen molar-refractivity contribution in [3.8, 4) is 0 Å². The molecule has 2 aliphatic rings. The lowest BCUT2D eigenvalue weighted by atomic mass is 9.99. The zero-order valence-corrected chi connectivity index (χ0v) is 11.8. The van der Waals surface area contributed by atoms with Crippen LogP contribution >= 0.6 is 0 Å². The van der Waals surface area contributed by atoms with Gasteiger partial charge in [0.05, 0.1) is 10.9 Å². The van der Waals surface area contributed by atoms with Gasteiger partial charge in [-0.1, -0.05) is 25.0 Å². The predicted molar refractivity (Wildman–Crippen MR) is 76.7 cm³/mol. The minimum atomic E-state index is -3.22. The number of nitrogens with one attached hydrogen (secondary N) is 2. The molecule has 0 aromatic heterocycles. The van der Waals surface area contributed by atoms with Gasteiger partial charge in [0.25, 0.3) is 0 Å². The van der Waals surface area contributed by atoms with Crippen molar-refractivity contribution >= 4 is 15.7 Å². The van der Waals surface area contributed by atoms with Crippen LogP contribution in [0.2, 0.25) is 0 Å². The molecule has 19 heavy (non-hydrogen) atoms. The van der Waals surface area contributed by atoms with Crippen LogP contribution in [0.4, 0.5) is 5.69 Å². The van der Waals surface area contributed by atoms with Crippen molar-refractivity contribution in [2.45, 2.75) is 43.9 Å². The standard InChI is InChI=1S/C14H20N2O2S/c17-19(18,12-5-1-2-6-12)16-14-7-3-4-11-10-15-9-8-13(11)14/h3-4,7,12,15-16H,1-2,5-6,8-10H2. The molecule has 0 unspecified atom stereocenters. The second-order valence-corrected chi connectivity index (χ2v) is 7.38. The van der Waals surface area contributed by atoms with Gasteiger partial charge < -0.3 is 5.32 Å². The van der Waals surface area contributed by atoms with Crippen molar-refractivity contribution in [1.82, 2.24) is 5.32 Å². The van der Waals surface area contributed by atoms with E-state index in [1.165, 1.54) is 5.56 Å². The van der Waals surface area contributed by atoms with E-state index in [9.17, 15) is 8.42 Å². The van der Waals surface area contributed by atoms with Crippen LogP contribution in [0.3, 0.4) is 0 Å². The van der Waals surface area contributed by atoms with E-state index in [0.29, 0.717) is 0 Å². The van der Waals surface area contributed by atoms with E-state index in [-0.39, 0.29) is 5.25 Å². The van der Waals surface area contributed by atoms with Crippen molar-refractivity contribution < 1.29 is 8.42 Å². The molecule has 2 N–H and O–H groups in total. The number of anilines is 1. The molecule has 1 aliphatic carbocycles. The molecule has 0 radical (unpaired) electrons. The first-order valence-electron chi connectivity index (χ1n) is 7.00. The molecule has 0 saturated heterocycles. The molecular formula is C14H20N2O2S. The summed E-state index contributed by atoms with van der Waals surface area (Å²) in [5.74, 6) is 0. The Bertz CT molecular complexity index is 563. The smallest absolute Gasteiger partial charge is 0.235 e. The van der Waals surface area contributed by atoms with Crippen LogP contribution in [0.1, 0.15) is 36.8 Å². The highest BCUT2D eigenvalue weighted by molar-refractivity contribution is 7.93. The highest BCUT2D eigenvalue weighted by Crippen LogP contribution is 2.29. The van der Waals surface area contributed by atoms with E-state index < -0.39 is 10.0 Å². The molecular weight excluding hydrogens is 260 g/mol. The third-order valence-corrected chi connectivity index (χ3v) is 5.99. The molecule has 1 aromatic rings. The summed E-state index contributed by atoms with van der Waals surface area (Å²) in [7, 11) is -3.22. The van der Waals surface area contributed by atoms with E-state index in [1.807, 2.05) is 12.1 Å². The highest BCUT2D eigenvalue weighted by Gasteiger charge is 2.29. The van der Waals surface area contributed by atoms with E-state index >= 15 is 0 Å². The van der Waals surface area contributed by atoms with Crippen molar-refractivity contribution in [1.29, 1.82) is 0 Å². The first-order chi connectivity index (χ1) is 9.17. The summed E-state index contributed by atoms with van der Waals surface area (Å²) in [6.45, 7) is 1.74. The molecule has 0 bridgehead atoms. The molecule has 1 aromatic carbocycles. The van der Waals surface area contributed by atoms with Crippen molar-refractivity contribution in [3.63, 3.8) is 0 Å². The SMILES string of the molecule is O=S(=O)(Nc1cccc2c1CCNC2)C1CCCC1. The normalized spacial score (nSPS) is 20.2. The number of fused-ring (bicyclic) bond motifs is 1. The Balaban J connectivity index is 1.87. The number of benzene rings is 1. The monoisotopic (exact) mass is 280 g/mol. The Hall–Kier alpha value is -1.07. The second kappa shape index (κ2) is 5.13. The van der Waals surface area contributed by atoms with Crippen molar-refractivity contribution in [2.75, 3.05) is 11.3 Å². The molecule has 0 amide bonds. The predicted octanol–water partition coefficient (Wildman–Crippen LogP) is 2.02. The molecule has 0 atom stereocenters. The topological polar surface area (TPSA) is 58.2 Å². The lowest BCUT2D eigenvalue weighted by molar-refractivity contribution is 0.585. The van der Waals surface area contributed by atoms with Gasteiger partial charge in [0.2, 0.25) is 10.0 Å². The molecule has 5 heteroatoms. The number of hydrogen-bond acceptors (Lipinski definition) is 3. The van der Waals surface area contributed by atoms with Gasteiger partial charge in [-0.25, -0.2) is 8.42 Å². The van der Waals surface area contributed by atoms with E-state index in [2.05, 4.69) is 16.1 Å². The molecule has 1 fully saturated rings. The summed E-state index contributed by atoms with van der Waals surface area (Å²) >= 11 is 0. The summed E-state index contributed by atoms with van der Waals surface area (Å²) in [6, 6.07) is 5.88. The van der Waals surface area contributed by atoms with Gasteiger partial charge in [-0.15, -0.1) is 0 Å². The van der Waals surface area contributed by atoms with Crippen LogP contribution in [-0.2, 0) is 23.0 Å². The first kappa shape index (κ1) is 12.9. The molecule has 1 saturated carbocycles. The average molecular weight is 280 g/mol. The van der Waals surface area contributed by atoms with Gasteiger partial charge in [0.15, 0.2) is 0 Å². The Morgan fingerprint density at radius 1 is 1.21 bits per heavy atom. The summed E-state index contributed by atoms with van der Waals surface area (Å²) in [5, 5.41) is 3.11. The minimum absolute atomic E-state index is 0.204. The van der Waals surface area contributed by atoms with Crippen molar-refractivity contribution in [2.24, 2.45) is 0 Å². The average Bonchev–Trinajstić information content (AvgIpc) is 2.93. The van der Waals surface area contributed by atoms with Crippen LogP contribution in [0.25, 0.3) is 0 Å². The Kier molecular flexibility index (Phi) is 3.50. The first-order valence-corrected chi connectivity index (χ1v) is 8.54. The molecule has 4 nitrogen and oxygen atoms in total. The fourth-order valence-corrected chi connectivity index (χ4v) is 4.68. The summed E-state index contributed by atoms with van der Waals surface area (Å²) in [5.41, 5.74) is 3.14. The maximum absolute atomic E-state index is 12.4. The Morgan fingerprint density at radius 2 is 2.00 bits per heavy atom. The molecule has 104 valence electrons. The van der Waals surface area contributed by atoms with E-state index in [0.717, 1.165) is 56.4 Å². The summed E-state index contributed by atoms with van der Waals surface area (Å²) < 4.78 is 27.6. The van der Waals surface area contributed by atoms with Gasteiger partial charge in [-0.2, -0.15) is 0 Å². The summed E-state index contributed by atoms with van der Waals surface area (Å²) in [6.07, 6.45) is 4.54. The molecule has 0 spiro atoms. The number of sulfonamides is 1. The van der Waals surface area contributed by atoms with Crippen LogP contribution in [0.5, 0.6) is 0 Å². The lowest BCUT2D eigenvalue weighted by Crippen LogP contribution is -2.28.